The van der Waals surface area contributed by atoms with Gasteiger partial charge in [0.05, 0.1) is 0 Å². The molecule has 0 amide bonds. The van der Waals surface area contributed by atoms with E-state index in [4.69, 9.17) is 4.52 Å². The van der Waals surface area contributed by atoms with Crippen LogP contribution in [0.5, 0.6) is 0 Å². The molecular weight excluding hydrogens is 198 g/mol. The lowest BCUT2D eigenvalue weighted by Gasteiger charge is -1.96. The van der Waals surface area contributed by atoms with Gasteiger partial charge >= 0.3 is 0 Å². The van der Waals surface area contributed by atoms with E-state index in [2.05, 4.69) is 18.1 Å². The van der Waals surface area contributed by atoms with Crippen LogP contribution in [0.15, 0.2) is 53.1 Å². The monoisotopic (exact) mass is 209 g/mol. The Bertz CT molecular complexity index is 626. The maximum Gasteiger partial charge on any atom is 0.167 e. The quantitative estimate of drug-likeness (QED) is 0.609. The summed E-state index contributed by atoms with van der Waals surface area (Å²) in [6.07, 6.45) is 0. The molecule has 0 radical (unpaired) electrons. The second-order valence-electron chi connectivity index (χ2n) is 3.90. The molecule has 0 fully saturated rings. The highest BCUT2D eigenvalue weighted by Crippen LogP contribution is 2.28. The van der Waals surface area contributed by atoms with Crippen LogP contribution < -0.4 is 0 Å². The van der Waals surface area contributed by atoms with E-state index in [-0.39, 0.29) is 0 Å². The number of aryl methyl sites for hydroxylation is 1. The van der Waals surface area contributed by atoms with Crippen LogP contribution in [0.25, 0.3) is 22.2 Å². The lowest BCUT2D eigenvalue weighted by atomic mass is 10.1. The first-order valence-electron chi connectivity index (χ1n) is 5.26. The fraction of sp³-hybridized carbons (Fsp3) is 0.0714. The Morgan fingerprint density at radius 3 is 2.62 bits per heavy atom. The Morgan fingerprint density at radius 1 is 1.00 bits per heavy atom. The number of hydrogen-bond donors (Lipinski definition) is 0. The molecule has 2 nitrogen and oxygen atoms in total. The third kappa shape index (κ3) is 1.39. The standard InChI is InChI=1S/C14H11NO/c1-10-7-8-13-12(9-10)14(15-16-13)11-5-3-2-4-6-11/h2-9H,1H3. The maximum absolute atomic E-state index is 5.31. The third-order valence-corrected chi connectivity index (χ3v) is 2.67. The molecule has 2 heteroatoms. The third-order valence-electron chi connectivity index (χ3n) is 2.67. The molecule has 0 atom stereocenters. The molecule has 1 aromatic heterocycles. The molecule has 2 aromatic carbocycles. The van der Waals surface area contributed by atoms with Gasteiger partial charge in [-0.25, -0.2) is 0 Å². The van der Waals surface area contributed by atoms with Crippen LogP contribution in [0, 0.1) is 6.92 Å². The molecule has 0 saturated heterocycles. The molecule has 0 aliphatic rings. The van der Waals surface area contributed by atoms with E-state index in [1.807, 2.05) is 42.5 Å². The van der Waals surface area contributed by atoms with Crippen molar-refractivity contribution in [2.75, 3.05) is 0 Å². The molecule has 0 unspecified atom stereocenters. The molecule has 0 N–H and O–H groups in total. The first-order valence-corrected chi connectivity index (χ1v) is 5.26. The Kier molecular flexibility index (Phi) is 2.00. The van der Waals surface area contributed by atoms with Crippen LogP contribution in [-0.4, -0.2) is 5.16 Å². The second kappa shape index (κ2) is 3.49. The van der Waals surface area contributed by atoms with Crippen LogP contribution in [-0.2, 0) is 0 Å². The van der Waals surface area contributed by atoms with Gasteiger partial charge in [-0.15, -0.1) is 0 Å². The largest absolute Gasteiger partial charge is 0.356 e. The summed E-state index contributed by atoms with van der Waals surface area (Å²) in [5.41, 5.74) is 4.06. The summed E-state index contributed by atoms with van der Waals surface area (Å²) in [5.74, 6) is 0. The first kappa shape index (κ1) is 9.16. The fourth-order valence-corrected chi connectivity index (χ4v) is 1.86. The minimum Gasteiger partial charge on any atom is -0.356 e. The molecule has 1 heterocycles. The molecule has 3 aromatic rings. The molecule has 0 aliphatic carbocycles. The molecule has 3 rings (SSSR count). The predicted molar refractivity (Wildman–Crippen MR) is 64.2 cm³/mol. The summed E-state index contributed by atoms with van der Waals surface area (Å²) < 4.78 is 5.31. The van der Waals surface area contributed by atoms with Gasteiger partial charge in [-0.1, -0.05) is 47.1 Å². The van der Waals surface area contributed by atoms with Gasteiger partial charge in [-0.2, -0.15) is 0 Å². The molecule has 16 heavy (non-hydrogen) atoms. The number of hydrogen-bond acceptors (Lipinski definition) is 2. The predicted octanol–water partition coefficient (Wildman–Crippen LogP) is 3.80. The highest BCUT2D eigenvalue weighted by atomic mass is 16.5. The zero-order valence-electron chi connectivity index (χ0n) is 8.97. The summed E-state index contributed by atoms with van der Waals surface area (Å²) in [7, 11) is 0. The van der Waals surface area contributed by atoms with E-state index in [1.54, 1.807) is 0 Å². The number of rotatable bonds is 1. The molecule has 0 bridgehead atoms. The van der Waals surface area contributed by atoms with Crippen molar-refractivity contribution in [2.45, 2.75) is 6.92 Å². The summed E-state index contributed by atoms with van der Waals surface area (Å²) >= 11 is 0. The SMILES string of the molecule is Cc1ccc2onc(-c3ccccc3)c2c1. The van der Waals surface area contributed by atoms with E-state index in [9.17, 15) is 0 Å². The van der Waals surface area contributed by atoms with Gasteiger partial charge in [-0.05, 0) is 19.1 Å². The van der Waals surface area contributed by atoms with Gasteiger partial charge in [0.15, 0.2) is 5.58 Å². The van der Waals surface area contributed by atoms with Crippen LogP contribution in [0.4, 0.5) is 0 Å². The van der Waals surface area contributed by atoms with Crippen LogP contribution >= 0.6 is 0 Å². The van der Waals surface area contributed by atoms with E-state index in [0.29, 0.717) is 0 Å². The molecule has 0 spiro atoms. The smallest absolute Gasteiger partial charge is 0.167 e. The molecule has 78 valence electrons. The van der Waals surface area contributed by atoms with Crippen molar-refractivity contribution in [2.24, 2.45) is 0 Å². The van der Waals surface area contributed by atoms with Crippen molar-refractivity contribution in [3.8, 4) is 11.3 Å². The summed E-state index contributed by atoms with van der Waals surface area (Å²) in [5, 5.41) is 5.21. The van der Waals surface area contributed by atoms with Crippen molar-refractivity contribution < 1.29 is 4.52 Å². The summed E-state index contributed by atoms with van der Waals surface area (Å²) in [6, 6.07) is 16.2. The lowest BCUT2D eigenvalue weighted by molar-refractivity contribution is 0.459. The van der Waals surface area contributed by atoms with Crippen molar-refractivity contribution in [1.82, 2.24) is 5.16 Å². The van der Waals surface area contributed by atoms with Gasteiger partial charge in [0.1, 0.15) is 5.69 Å². The average Bonchev–Trinajstić information content (AvgIpc) is 2.73. The molecule has 0 saturated carbocycles. The number of aromatic nitrogens is 1. The maximum atomic E-state index is 5.31. The zero-order chi connectivity index (χ0) is 11.0. The minimum absolute atomic E-state index is 0.837. The first-order chi connectivity index (χ1) is 7.84. The van der Waals surface area contributed by atoms with Crippen LogP contribution in [0.3, 0.4) is 0 Å². The van der Waals surface area contributed by atoms with Gasteiger partial charge in [0.25, 0.3) is 0 Å². The number of benzene rings is 2. The summed E-state index contributed by atoms with van der Waals surface area (Å²) in [6.45, 7) is 2.07. The Hall–Kier alpha value is -2.09. The molecule has 0 aliphatic heterocycles. The average molecular weight is 209 g/mol. The highest BCUT2D eigenvalue weighted by Gasteiger charge is 2.09. The van der Waals surface area contributed by atoms with Gasteiger partial charge in [0, 0.05) is 10.9 Å². The van der Waals surface area contributed by atoms with Crippen molar-refractivity contribution in [3.05, 3.63) is 54.1 Å². The Labute approximate surface area is 93.5 Å². The molecular formula is C14H11NO. The van der Waals surface area contributed by atoms with Crippen molar-refractivity contribution in [3.63, 3.8) is 0 Å². The van der Waals surface area contributed by atoms with E-state index in [0.717, 1.165) is 22.2 Å². The van der Waals surface area contributed by atoms with E-state index >= 15 is 0 Å². The Morgan fingerprint density at radius 2 is 1.81 bits per heavy atom. The fourth-order valence-electron chi connectivity index (χ4n) is 1.86. The highest BCUT2D eigenvalue weighted by molar-refractivity contribution is 5.91. The zero-order valence-corrected chi connectivity index (χ0v) is 8.97. The Balaban J connectivity index is 2.29. The summed E-state index contributed by atoms with van der Waals surface area (Å²) in [4.78, 5) is 0. The van der Waals surface area contributed by atoms with E-state index in [1.165, 1.54) is 5.56 Å². The number of nitrogens with zero attached hydrogens (tertiary/aromatic N) is 1. The normalized spacial score (nSPS) is 10.8. The second-order valence-corrected chi connectivity index (χ2v) is 3.90. The van der Waals surface area contributed by atoms with Crippen molar-refractivity contribution >= 4 is 11.0 Å². The van der Waals surface area contributed by atoms with E-state index < -0.39 is 0 Å². The topological polar surface area (TPSA) is 26.0 Å². The lowest BCUT2D eigenvalue weighted by Crippen LogP contribution is -1.77. The van der Waals surface area contributed by atoms with Gasteiger partial charge in [-0.3, -0.25) is 0 Å². The van der Waals surface area contributed by atoms with Gasteiger partial charge in [0.2, 0.25) is 0 Å². The van der Waals surface area contributed by atoms with Crippen molar-refractivity contribution in [1.29, 1.82) is 0 Å². The van der Waals surface area contributed by atoms with Gasteiger partial charge < -0.3 is 4.52 Å². The van der Waals surface area contributed by atoms with Crippen LogP contribution in [0.2, 0.25) is 0 Å². The van der Waals surface area contributed by atoms with Crippen LogP contribution in [0.1, 0.15) is 5.56 Å². The minimum atomic E-state index is 0.837. The number of fused-ring (bicyclic) bond motifs is 1.